The largest absolute Gasteiger partial charge is 0.370 e. The predicted molar refractivity (Wildman–Crippen MR) is 132 cm³/mol. The van der Waals surface area contributed by atoms with E-state index < -0.39 is 17.9 Å². The molecule has 2 aromatic carbocycles. The van der Waals surface area contributed by atoms with Gasteiger partial charge in [0.1, 0.15) is 0 Å². The molecular formula is C23H25N9O4. The van der Waals surface area contributed by atoms with Crippen molar-refractivity contribution >= 4 is 40.1 Å². The van der Waals surface area contributed by atoms with Gasteiger partial charge in [-0.1, -0.05) is 12.1 Å². The smallest absolute Gasteiger partial charge is 0.241 e. The minimum absolute atomic E-state index is 0.0335. The van der Waals surface area contributed by atoms with E-state index in [4.69, 9.17) is 21.8 Å². The maximum absolute atomic E-state index is 13.2. The molecule has 186 valence electrons. The second kappa shape index (κ2) is 10.8. The summed E-state index contributed by atoms with van der Waals surface area (Å²) in [5.41, 5.74) is 18.9. The Balaban J connectivity index is 1.56. The molecule has 0 saturated heterocycles. The summed E-state index contributed by atoms with van der Waals surface area (Å²) in [6, 6.07) is 12.6. The van der Waals surface area contributed by atoms with Gasteiger partial charge in [0.25, 0.3) is 0 Å². The Bertz CT molecular complexity index is 1390. The summed E-state index contributed by atoms with van der Waals surface area (Å²) in [5.74, 6) is -0.635. The predicted octanol–water partition coefficient (Wildman–Crippen LogP) is 0.481. The van der Waals surface area contributed by atoms with Crippen LogP contribution in [0.1, 0.15) is 16.8 Å². The van der Waals surface area contributed by atoms with Crippen LogP contribution in [0.2, 0.25) is 0 Å². The zero-order chi connectivity index (χ0) is 25.7. The van der Waals surface area contributed by atoms with Crippen molar-refractivity contribution in [3.8, 4) is 11.5 Å². The van der Waals surface area contributed by atoms with E-state index in [9.17, 15) is 14.4 Å². The number of anilines is 2. The van der Waals surface area contributed by atoms with Gasteiger partial charge in [0.15, 0.2) is 17.3 Å². The fraction of sp³-hybridized carbons (Fsp3) is 0.217. The van der Waals surface area contributed by atoms with Crippen LogP contribution in [-0.2, 0) is 16.1 Å². The summed E-state index contributed by atoms with van der Waals surface area (Å²) in [7, 11) is 0. The maximum atomic E-state index is 13.2. The van der Waals surface area contributed by atoms with E-state index in [1.165, 1.54) is 0 Å². The van der Waals surface area contributed by atoms with E-state index in [2.05, 4.69) is 25.9 Å². The summed E-state index contributed by atoms with van der Waals surface area (Å²) >= 11 is 0. The van der Waals surface area contributed by atoms with Crippen LogP contribution in [-0.4, -0.2) is 56.6 Å². The number of para-hydroxylation sites is 2. The van der Waals surface area contributed by atoms with Crippen molar-refractivity contribution < 1.29 is 19.0 Å². The topological polar surface area (TPSA) is 210 Å². The molecule has 13 nitrogen and oxygen atoms in total. The number of carbonyl (C=O) groups excluding carboxylic acids is 3. The first-order valence-corrected chi connectivity index (χ1v) is 11.1. The van der Waals surface area contributed by atoms with Crippen molar-refractivity contribution in [2.75, 3.05) is 23.7 Å². The highest BCUT2D eigenvalue weighted by atomic mass is 16.6. The number of nitrogens with two attached hydrogens (primary N) is 3. The summed E-state index contributed by atoms with van der Waals surface area (Å²) < 4.78 is 6.65. The number of primary amides is 1. The quantitative estimate of drug-likeness (QED) is 0.183. The first-order chi connectivity index (χ1) is 17.4. The van der Waals surface area contributed by atoms with Gasteiger partial charge < -0.3 is 32.4 Å². The molecule has 0 aliphatic rings. The van der Waals surface area contributed by atoms with Crippen LogP contribution in [0.3, 0.4) is 0 Å². The Morgan fingerprint density at radius 3 is 2.53 bits per heavy atom. The van der Waals surface area contributed by atoms with Gasteiger partial charge in [0, 0.05) is 24.3 Å². The van der Waals surface area contributed by atoms with Crippen LogP contribution in [0.15, 0.2) is 53.2 Å². The van der Waals surface area contributed by atoms with Gasteiger partial charge in [0.05, 0.1) is 30.0 Å². The molecule has 4 aromatic rings. The van der Waals surface area contributed by atoms with Crippen LogP contribution in [0, 0.1) is 0 Å². The normalized spacial score (nSPS) is 11.8. The van der Waals surface area contributed by atoms with E-state index >= 15 is 0 Å². The molecule has 0 unspecified atom stereocenters. The average Bonchev–Trinajstić information content (AvgIpc) is 3.47. The van der Waals surface area contributed by atoms with Crippen LogP contribution >= 0.6 is 0 Å². The lowest BCUT2D eigenvalue weighted by Gasteiger charge is -2.11. The lowest BCUT2D eigenvalue weighted by molar-refractivity contribution is -0.123. The van der Waals surface area contributed by atoms with E-state index in [0.717, 1.165) is 5.52 Å². The van der Waals surface area contributed by atoms with Gasteiger partial charge in [-0.2, -0.15) is 0 Å². The monoisotopic (exact) mass is 491 g/mol. The first-order valence-electron chi connectivity index (χ1n) is 11.1. The minimum Gasteiger partial charge on any atom is -0.370 e. The molecule has 2 aromatic heterocycles. The number of fused-ring (bicyclic) bond motifs is 1. The van der Waals surface area contributed by atoms with E-state index in [-0.39, 0.29) is 18.7 Å². The van der Waals surface area contributed by atoms with Crippen molar-refractivity contribution in [1.82, 2.24) is 19.9 Å². The average molecular weight is 492 g/mol. The zero-order valence-corrected chi connectivity index (χ0v) is 19.2. The van der Waals surface area contributed by atoms with Crippen molar-refractivity contribution in [1.29, 1.82) is 0 Å². The number of imidazole rings is 1. The van der Waals surface area contributed by atoms with Crippen LogP contribution in [0.4, 0.5) is 11.5 Å². The van der Waals surface area contributed by atoms with Crippen LogP contribution < -0.4 is 27.8 Å². The Morgan fingerprint density at radius 2 is 1.81 bits per heavy atom. The highest BCUT2D eigenvalue weighted by molar-refractivity contribution is 5.99. The van der Waals surface area contributed by atoms with E-state index in [1.807, 2.05) is 24.3 Å². The lowest BCUT2D eigenvalue weighted by Crippen LogP contribution is -2.38. The third kappa shape index (κ3) is 5.37. The van der Waals surface area contributed by atoms with Gasteiger partial charge in [-0.3, -0.25) is 14.4 Å². The Morgan fingerprint density at radius 1 is 1.06 bits per heavy atom. The number of benzene rings is 2. The second-order valence-corrected chi connectivity index (χ2v) is 7.95. The number of amides is 2. The molecule has 2 heterocycles. The molecule has 1 atom stereocenters. The Labute approximate surface area is 205 Å². The van der Waals surface area contributed by atoms with Crippen LogP contribution in [0.25, 0.3) is 22.6 Å². The van der Waals surface area contributed by atoms with Crippen LogP contribution in [0.5, 0.6) is 0 Å². The van der Waals surface area contributed by atoms with Gasteiger partial charge in [-0.15, -0.1) is 0 Å². The number of rotatable bonds is 11. The third-order valence-corrected chi connectivity index (χ3v) is 5.33. The molecular weight excluding hydrogens is 466 g/mol. The first kappa shape index (κ1) is 24.5. The zero-order valence-electron chi connectivity index (χ0n) is 19.2. The van der Waals surface area contributed by atoms with Gasteiger partial charge in [0.2, 0.25) is 17.6 Å². The van der Waals surface area contributed by atoms with Crippen molar-refractivity contribution in [3.63, 3.8) is 0 Å². The molecule has 0 radical (unpaired) electrons. The van der Waals surface area contributed by atoms with Gasteiger partial charge >= 0.3 is 0 Å². The minimum atomic E-state index is -1.06. The summed E-state index contributed by atoms with van der Waals surface area (Å²) in [4.78, 5) is 40.9. The molecule has 2 amide bonds. The number of ketones is 1. The highest BCUT2D eigenvalue weighted by Crippen LogP contribution is 2.28. The van der Waals surface area contributed by atoms with Crippen molar-refractivity contribution in [2.24, 2.45) is 17.2 Å². The highest BCUT2D eigenvalue weighted by Gasteiger charge is 2.22. The maximum Gasteiger partial charge on any atom is 0.241 e. The number of nitrogens with one attached hydrogen (secondary N) is 2. The van der Waals surface area contributed by atoms with E-state index in [0.29, 0.717) is 47.2 Å². The molecule has 0 bridgehead atoms. The molecule has 0 fully saturated rings. The van der Waals surface area contributed by atoms with Crippen molar-refractivity contribution in [2.45, 2.75) is 19.0 Å². The molecule has 8 N–H and O–H groups in total. The number of aromatic nitrogens is 4. The fourth-order valence-corrected chi connectivity index (χ4v) is 3.58. The van der Waals surface area contributed by atoms with Gasteiger partial charge in [-0.05, 0) is 46.7 Å². The van der Waals surface area contributed by atoms with Gasteiger partial charge in [-0.25, -0.2) is 9.61 Å². The molecule has 0 aliphatic heterocycles. The number of Topliss-reactive ketones (excluding diaryl/α,β-unsaturated/α-hetero) is 1. The number of carbonyl (C=O) groups is 3. The summed E-state index contributed by atoms with van der Waals surface area (Å²) in [6.07, 6.45) is -0.270. The van der Waals surface area contributed by atoms with Crippen molar-refractivity contribution in [3.05, 3.63) is 54.1 Å². The second-order valence-electron chi connectivity index (χ2n) is 7.95. The number of nitrogens with zero attached hydrogens (tertiary/aromatic N) is 4. The molecule has 13 heteroatoms. The molecule has 0 saturated carbocycles. The standard InChI is InChI=1S/C23H25N9O4/c24-9-10-27-21-20(30-36-31-21)22-29-16-3-1-2-4-17(16)32(22)12-18(33)13-5-7-14(8-6-13)28-23(35)15(25)11-19(26)34/h1-8,15H,9-12,24-25H2,(H2,26,34)(H,27,31)(H,28,35)/t15-/m0/s1. The molecule has 4 rings (SSSR count). The van der Waals surface area contributed by atoms with E-state index in [1.54, 1.807) is 28.8 Å². The molecule has 0 aliphatic carbocycles. The molecule has 0 spiro atoms. The molecule has 36 heavy (non-hydrogen) atoms. The number of hydrogen-bond acceptors (Lipinski definition) is 10. The summed E-state index contributed by atoms with van der Waals surface area (Å²) in [6.45, 7) is 0.805. The SMILES string of the molecule is NCCNc1nonc1-c1nc2ccccc2n1CC(=O)c1ccc(NC(=O)[C@@H](N)CC(N)=O)cc1. The third-order valence-electron chi connectivity index (χ3n) is 5.33. The summed E-state index contributed by atoms with van der Waals surface area (Å²) in [5, 5.41) is 13.5. The Hall–Kier alpha value is -4.62. The fourth-order valence-electron chi connectivity index (χ4n) is 3.58. The Kier molecular flexibility index (Phi) is 7.32. The lowest BCUT2D eigenvalue weighted by atomic mass is 10.1. The number of hydrogen-bond donors (Lipinski definition) is 5.